The van der Waals surface area contributed by atoms with Gasteiger partial charge < -0.3 is 4.74 Å². The summed E-state index contributed by atoms with van der Waals surface area (Å²) in [6, 6.07) is 21.5. The van der Waals surface area contributed by atoms with Crippen molar-refractivity contribution in [2.24, 2.45) is 0 Å². The van der Waals surface area contributed by atoms with Crippen molar-refractivity contribution in [2.45, 2.75) is 39.7 Å². The van der Waals surface area contributed by atoms with Crippen LogP contribution in [0, 0.1) is 12.7 Å². The molecule has 0 aliphatic carbocycles. The third kappa shape index (κ3) is 4.96. The Bertz CT molecular complexity index is 913. The Kier molecular flexibility index (Phi) is 5.97. The minimum Gasteiger partial charge on any atom is -0.488 e. The van der Waals surface area contributed by atoms with Crippen LogP contribution in [0.3, 0.4) is 0 Å². The van der Waals surface area contributed by atoms with Gasteiger partial charge >= 0.3 is 0 Å². The van der Waals surface area contributed by atoms with Gasteiger partial charge in [-0.25, -0.2) is 4.39 Å². The second-order valence-corrected chi connectivity index (χ2v) is 9.15. The highest BCUT2D eigenvalue weighted by molar-refractivity contribution is 7.55. The molecule has 0 saturated heterocycles. The van der Waals surface area contributed by atoms with Gasteiger partial charge in [0.2, 0.25) is 0 Å². The van der Waals surface area contributed by atoms with Gasteiger partial charge in [0.15, 0.2) is 0 Å². The second kappa shape index (κ2) is 8.23. The maximum absolute atomic E-state index is 14.3. The average Bonchev–Trinajstić information content (AvgIpc) is 2.62. The zero-order valence-corrected chi connectivity index (χ0v) is 17.3. The molecule has 3 rings (SSSR count). The van der Waals surface area contributed by atoms with Crippen LogP contribution in [0.15, 0.2) is 66.7 Å². The Labute approximate surface area is 163 Å². The van der Waals surface area contributed by atoms with Crippen molar-refractivity contribution >= 4 is 19.2 Å². The zero-order valence-electron chi connectivity index (χ0n) is 16.3. The van der Waals surface area contributed by atoms with E-state index >= 15 is 0 Å². The van der Waals surface area contributed by atoms with E-state index in [-0.39, 0.29) is 19.8 Å². The number of benzene rings is 3. The predicted molar refractivity (Wildman–Crippen MR) is 115 cm³/mol. The summed E-state index contributed by atoms with van der Waals surface area (Å²) in [6.07, 6.45) is 0. The molecule has 0 spiro atoms. The van der Waals surface area contributed by atoms with E-state index in [2.05, 4.69) is 52.0 Å². The summed E-state index contributed by atoms with van der Waals surface area (Å²) < 4.78 is 20.6. The van der Waals surface area contributed by atoms with E-state index in [1.807, 2.05) is 30.3 Å². The van der Waals surface area contributed by atoms with Gasteiger partial charge in [-0.1, -0.05) is 83.9 Å². The van der Waals surface area contributed by atoms with Crippen LogP contribution < -0.4 is 15.3 Å². The Balaban J connectivity index is 2.02. The topological polar surface area (TPSA) is 9.23 Å². The molecule has 27 heavy (non-hydrogen) atoms. The molecule has 0 aromatic heterocycles. The van der Waals surface area contributed by atoms with Crippen molar-refractivity contribution in [3.63, 3.8) is 0 Å². The number of halogens is 1. The normalized spacial score (nSPS) is 11.9. The van der Waals surface area contributed by atoms with Crippen molar-refractivity contribution < 1.29 is 9.13 Å². The van der Waals surface area contributed by atoms with E-state index in [1.54, 1.807) is 6.07 Å². The molecule has 3 aromatic rings. The van der Waals surface area contributed by atoms with Crippen molar-refractivity contribution in [3.8, 4) is 5.75 Å². The molecule has 1 atom stereocenters. The Morgan fingerprint density at radius 2 is 1.56 bits per heavy atom. The summed E-state index contributed by atoms with van der Waals surface area (Å²) in [5.41, 5.74) is 3.40. The fourth-order valence-electron chi connectivity index (χ4n) is 3.02. The van der Waals surface area contributed by atoms with E-state index in [0.29, 0.717) is 11.9 Å². The van der Waals surface area contributed by atoms with Gasteiger partial charge in [0.25, 0.3) is 0 Å². The smallest absolute Gasteiger partial charge is 0.131 e. The highest BCUT2D eigenvalue weighted by Crippen LogP contribution is 2.34. The van der Waals surface area contributed by atoms with E-state index in [9.17, 15) is 4.39 Å². The minimum atomic E-state index is -0.163. The molecule has 0 radical (unpaired) electrons. The third-order valence-corrected chi connectivity index (χ3v) is 5.73. The molecule has 3 heteroatoms. The summed E-state index contributed by atoms with van der Waals surface area (Å²) in [4.78, 5) is 0. The van der Waals surface area contributed by atoms with Gasteiger partial charge in [-0.3, -0.25) is 0 Å². The van der Waals surface area contributed by atoms with Crippen LogP contribution in [-0.4, -0.2) is 0 Å². The third-order valence-electron chi connectivity index (χ3n) is 4.41. The van der Waals surface area contributed by atoms with Crippen LogP contribution in [-0.2, 0) is 12.0 Å². The second-order valence-electron chi connectivity index (χ2n) is 7.82. The lowest BCUT2D eigenvalue weighted by molar-refractivity contribution is 0.300. The molecule has 0 N–H and O–H groups in total. The van der Waals surface area contributed by atoms with Gasteiger partial charge in [-0.2, -0.15) is 0 Å². The molecular weight excluding hydrogens is 354 g/mol. The molecule has 140 valence electrons. The maximum Gasteiger partial charge on any atom is 0.131 e. The highest BCUT2D eigenvalue weighted by Gasteiger charge is 2.23. The van der Waals surface area contributed by atoms with E-state index in [4.69, 9.17) is 4.74 Å². The van der Waals surface area contributed by atoms with Gasteiger partial charge in [0.1, 0.15) is 18.2 Å². The van der Waals surface area contributed by atoms with Gasteiger partial charge in [-0.05, 0) is 35.6 Å². The predicted octanol–water partition coefficient (Wildman–Crippen LogP) is 5.64. The SMILES string of the molecule is Cc1cc(Pc2ccccc2F)c(OCc2ccccc2)c(C(C)(C)C)c1. The van der Waals surface area contributed by atoms with Crippen molar-refractivity contribution in [1.29, 1.82) is 0 Å². The lowest BCUT2D eigenvalue weighted by Gasteiger charge is -2.26. The quantitative estimate of drug-likeness (QED) is 0.521. The first-order valence-corrected chi connectivity index (χ1v) is 10.2. The Hall–Kier alpha value is -2.18. The number of hydrogen-bond donors (Lipinski definition) is 0. The molecule has 1 nitrogen and oxygen atoms in total. The molecule has 0 aliphatic rings. The molecule has 1 unspecified atom stereocenters. The monoisotopic (exact) mass is 380 g/mol. The number of rotatable bonds is 5. The first kappa shape index (κ1) is 19.6. The summed E-state index contributed by atoms with van der Waals surface area (Å²) in [5, 5.41) is 1.77. The van der Waals surface area contributed by atoms with E-state index < -0.39 is 0 Å². The van der Waals surface area contributed by atoms with Gasteiger partial charge in [0.05, 0.1) is 0 Å². The lowest BCUT2D eigenvalue weighted by Crippen LogP contribution is -2.20. The van der Waals surface area contributed by atoms with Gasteiger partial charge in [0, 0.05) is 16.2 Å². The first-order chi connectivity index (χ1) is 12.8. The highest BCUT2D eigenvalue weighted by atomic mass is 31.1. The van der Waals surface area contributed by atoms with E-state index in [0.717, 1.165) is 22.2 Å². The fourth-order valence-corrected chi connectivity index (χ4v) is 4.31. The number of aryl methyl sites for hydroxylation is 1. The molecule has 0 aliphatic heterocycles. The Morgan fingerprint density at radius 1 is 0.889 bits per heavy atom. The van der Waals surface area contributed by atoms with Crippen LogP contribution in [0.25, 0.3) is 0 Å². The standard InChI is InChI=1S/C24H26FOP/c1-17-14-19(24(2,3)4)23(26-16-18-10-6-5-7-11-18)22(15-17)27-21-13-9-8-12-20(21)25/h5-15,27H,16H2,1-4H3. The molecule has 0 fully saturated rings. The molecule has 0 saturated carbocycles. The Morgan fingerprint density at radius 3 is 2.22 bits per heavy atom. The van der Waals surface area contributed by atoms with Crippen LogP contribution in [0.5, 0.6) is 5.75 Å². The molecule has 0 amide bonds. The molecule has 0 heterocycles. The fraction of sp³-hybridized carbons (Fsp3) is 0.250. The van der Waals surface area contributed by atoms with Crippen molar-refractivity contribution in [2.75, 3.05) is 0 Å². The summed E-state index contributed by atoms with van der Waals surface area (Å²) in [6.45, 7) is 9.15. The molecular formula is C24H26FOP. The average molecular weight is 380 g/mol. The van der Waals surface area contributed by atoms with Crippen molar-refractivity contribution in [1.82, 2.24) is 0 Å². The zero-order chi connectivity index (χ0) is 19.4. The minimum absolute atomic E-state index is 0.0630. The van der Waals surface area contributed by atoms with E-state index in [1.165, 1.54) is 11.6 Å². The number of ether oxygens (including phenoxy) is 1. The van der Waals surface area contributed by atoms with Crippen LogP contribution in [0.4, 0.5) is 4.39 Å². The molecule has 3 aromatic carbocycles. The first-order valence-electron chi connectivity index (χ1n) is 9.18. The van der Waals surface area contributed by atoms with Crippen LogP contribution in [0.1, 0.15) is 37.5 Å². The lowest BCUT2D eigenvalue weighted by atomic mass is 9.85. The summed E-state index contributed by atoms with van der Waals surface area (Å²) in [5.74, 6) is 0.724. The van der Waals surface area contributed by atoms with Crippen LogP contribution >= 0.6 is 8.58 Å². The van der Waals surface area contributed by atoms with Crippen LogP contribution in [0.2, 0.25) is 0 Å². The molecule has 0 bridgehead atoms. The van der Waals surface area contributed by atoms with Crippen molar-refractivity contribution in [3.05, 3.63) is 89.2 Å². The summed E-state index contributed by atoms with van der Waals surface area (Å²) >= 11 is 0. The number of hydrogen-bond acceptors (Lipinski definition) is 1. The van der Waals surface area contributed by atoms with Gasteiger partial charge in [-0.15, -0.1) is 0 Å². The largest absolute Gasteiger partial charge is 0.488 e. The maximum atomic E-state index is 14.3. The summed E-state index contributed by atoms with van der Waals surface area (Å²) in [7, 11) is 0.214.